The molecule has 0 amide bonds. The Bertz CT molecular complexity index is 374. The van der Waals surface area contributed by atoms with Crippen LogP contribution in [0.4, 0.5) is 5.69 Å². The van der Waals surface area contributed by atoms with Crippen LogP contribution in [0.2, 0.25) is 15.1 Å². The fourth-order valence-electron chi connectivity index (χ4n) is 1.80. The van der Waals surface area contributed by atoms with Gasteiger partial charge in [0.25, 0.3) is 0 Å². The van der Waals surface area contributed by atoms with Gasteiger partial charge in [-0.2, -0.15) is 11.8 Å². The quantitative estimate of drug-likeness (QED) is 0.828. The summed E-state index contributed by atoms with van der Waals surface area (Å²) in [6.07, 6.45) is 1.14. The normalized spacial score (nSPS) is 24.8. The average Bonchev–Trinajstić information content (AvgIpc) is 2.58. The molecule has 1 N–H and O–H groups in total. The first-order chi connectivity index (χ1) is 7.56. The molecule has 1 aromatic rings. The van der Waals surface area contributed by atoms with E-state index < -0.39 is 0 Å². The Morgan fingerprint density at radius 1 is 1.25 bits per heavy atom. The van der Waals surface area contributed by atoms with Crippen molar-refractivity contribution in [1.82, 2.24) is 0 Å². The molecule has 0 bridgehead atoms. The number of benzene rings is 1. The lowest BCUT2D eigenvalue weighted by atomic mass is 10.2. The molecule has 16 heavy (non-hydrogen) atoms. The zero-order valence-corrected chi connectivity index (χ0v) is 11.9. The summed E-state index contributed by atoms with van der Waals surface area (Å²) in [4.78, 5) is 0. The Morgan fingerprint density at radius 3 is 2.38 bits per heavy atom. The van der Waals surface area contributed by atoms with Gasteiger partial charge in [-0.05, 0) is 18.6 Å². The number of halogens is 3. The van der Waals surface area contributed by atoms with E-state index in [2.05, 4.69) is 12.2 Å². The third kappa shape index (κ3) is 2.92. The molecule has 1 nitrogen and oxygen atoms in total. The first kappa shape index (κ1) is 12.7. The second-order valence-electron chi connectivity index (χ2n) is 3.97. The Labute approximate surface area is 115 Å². The smallest absolute Gasteiger partial charge is 0.0722 e. The summed E-state index contributed by atoms with van der Waals surface area (Å²) in [6.45, 7) is 2.23. The molecule has 1 fully saturated rings. The van der Waals surface area contributed by atoms with Gasteiger partial charge in [-0.15, -0.1) is 0 Å². The molecule has 1 saturated heterocycles. The van der Waals surface area contributed by atoms with E-state index in [1.807, 2.05) is 11.8 Å². The van der Waals surface area contributed by atoms with Gasteiger partial charge in [0, 0.05) is 22.1 Å². The monoisotopic (exact) mass is 295 g/mol. The standard InChI is InChI=1S/C11H12Cl3NS/c1-6-2-8(5-16-6)15-11-9(13)3-7(12)4-10(11)14/h3-4,6,8,15H,2,5H2,1H3. The van der Waals surface area contributed by atoms with Gasteiger partial charge >= 0.3 is 0 Å². The number of anilines is 1. The highest BCUT2D eigenvalue weighted by molar-refractivity contribution is 8.00. The van der Waals surface area contributed by atoms with E-state index in [9.17, 15) is 0 Å². The number of rotatable bonds is 2. The van der Waals surface area contributed by atoms with E-state index in [0.29, 0.717) is 26.4 Å². The van der Waals surface area contributed by atoms with Crippen molar-refractivity contribution < 1.29 is 0 Å². The van der Waals surface area contributed by atoms with E-state index in [1.165, 1.54) is 0 Å². The molecule has 0 radical (unpaired) electrons. The Balaban J connectivity index is 2.15. The van der Waals surface area contributed by atoms with Crippen LogP contribution in [0.25, 0.3) is 0 Å². The topological polar surface area (TPSA) is 12.0 Å². The lowest BCUT2D eigenvalue weighted by Gasteiger charge is -2.16. The highest BCUT2D eigenvalue weighted by Gasteiger charge is 2.23. The van der Waals surface area contributed by atoms with Gasteiger partial charge < -0.3 is 5.32 Å². The molecule has 1 aliphatic heterocycles. The van der Waals surface area contributed by atoms with Gasteiger partial charge in [-0.3, -0.25) is 0 Å². The maximum Gasteiger partial charge on any atom is 0.0722 e. The molecule has 2 atom stereocenters. The molecule has 1 aromatic carbocycles. The van der Waals surface area contributed by atoms with E-state index in [-0.39, 0.29) is 0 Å². The molecule has 0 spiro atoms. The number of hydrogen-bond acceptors (Lipinski definition) is 2. The van der Waals surface area contributed by atoms with E-state index in [1.54, 1.807) is 12.1 Å². The van der Waals surface area contributed by atoms with E-state index >= 15 is 0 Å². The summed E-state index contributed by atoms with van der Waals surface area (Å²) >= 11 is 20.0. The lowest BCUT2D eigenvalue weighted by Crippen LogP contribution is -2.19. The van der Waals surface area contributed by atoms with Crippen molar-refractivity contribution in [3.63, 3.8) is 0 Å². The van der Waals surface area contributed by atoms with Crippen LogP contribution >= 0.6 is 46.6 Å². The van der Waals surface area contributed by atoms with Crippen molar-refractivity contribution in [2.24, 2.45) is 0 Å². The summed E-state index contributed by atoms with van der Waals surface area (Å²) in [6, 6.07) is 3.86. The predicted octanol–water partition coefficient (Wildman–Crippen LogP) is 4.95. The fourth-order valence-corrected chi connectivity index (χ4v) is 3.88. The number of thioether (sulfide) groups is 1. The minimum absolute atomic E-state index is 0.441. The largest absolute Gasteiger partial charge is 0.379 e. The van der Waals surface area contributed by atoms with Gasteiger partial charge in [0.1, 0.15) is 0 Å². The summed E-state index contributed by atoms with van der Waals surface area (Å²) in [5, 5.41) is 5.82. The lowest BCUT2D eigenvalue weighted by molar-refractivity contribution is 0.747. The van der Waals surface area contributed by atoms with Crippen LogP contribution in [0, 0.1) is 0 Å². The van der Waals surface area contributed by atoms with Crippen LogP contribution in [-0.2, 0) is 0 Å². The minimum Gasteiger partial charge on any atom is -0.379 e. The molecule has 0 aliphatic carbocycles. The molecule has 1 heterocycles. The van der Waals surface area contributed by atoms with Crippen LogP contribution in [0.3, 0.4) is 0 Å². The van der Waals surface area contributed by atoms with Crippen LogP contribution in [0.5, 0.6) is 0 Å². The summed E-state index contributed by atoms with van der Waals surface area (Å²) in [7, 11) is 0. The van der Waals surface area contributed by atoms with Crippen LogP contribution in [0.1, 0.15) is 13.3 Å². The van der Waals surface area contributed by atoms with Gasteiger partial charge in [0.2, 0.25) is 0 Å². The molecule has 5 heteroatoms. The van der Waals surface area contributed by atoms with Crippen LogP contribution in [-0.4, -0.2) is 17.0 Å². The molecule has 2 rings (SSSR count). The summed E-state index contributed by atoms with van der Waals surface area (Å²) in [5.41, 5.74) is 0.799. The van der Waals surface area contributed by atoms with Crippen molar-refractivity contribution in [3.05, 3.63) is 27.2 Å². The first-order valence-corrected chi connectivity index (χ1v) is 7.27. The average molecular weight is 297 g/mol. The van der Waals surface area contributed by atoms with Crippen molar-refractivity contribution in [2.75, 3.05) is 11.1 Å². The fraction of sp³-hybridized carbons (Fsp3) is 0.455. The molecule has 0 aromatic heterocycles. The van der Waals surface area contributed by atoms with Crippen LogP contribution in [0.15, 0.2) is 12.1 Å². The van der Waals surface area contributed by atoms with E-state index in [0.717, 1.165) is 17.9 Å². The highest BCUT2D eigenvalue weighted by Crippen LogP contribution is 2.36. The molecular weight excluding hydrogens is 285 g/mol. The first-order valence-electron chi connectivity index (χ1n) is 5.09. The molecule has 0 saturated carbocycles. The molecule has 2 unspecified atom stereocenters. The second kappa shape index (κ2) is 5.26. The van der Waals surface area contributed by atoms with Crippen molar-refractivity contribution >= 4 is 52.3 Å². The van der Waals surface area contributed by atoms with E-state index in [4.69, 9.17) is 34.8 Å². The number of nitrogens with one attached hydrogen (secondary N) is 1. The second-order valence-corrected chi connectivity index (χ2v) is 6.69. The Kier molecular flexibility index (Phi) is 4.17. The third-order valence-electron chi connectivity index (χ3n) is 2.55. The molecule has 88 valence electrons. The summed E-state index contributed by atoms with van der Waals surface area (Å²) < 4.78 is 0. The van der Waals surface area contributed by atoms with Gasteiger partial charge in [0.05, 0.1) is 15.7 Å². The van der Waals surface area contributed by atoms with Gasteiger partial charge in [0.15, 0.2) is 0 Å². The zero-order chi connectivity index (χ0) is 11.7. The van der Waals surface area contributed by atoms with Gasteiger partial charge in [-0.1, -0.05) is 41.7 Å². The molecule has 1 aliphatic rings. The van der Waals surface area contributed by atoms with Crippen molar-refractivity contribution in [2.45, 2.75) is 24.6 Å². The zero-order valence-electron chi connectivity index (χ0n) is 8.77. The molecular formula is C11H12Cl3NS. The maximum atomic E-state index is 6.11. The Morgan fingerprint density at radius 2 is 1.88 bits per heavy atom. The minimum atomic E-state index is 0.441. The van der Waals surface area contributed by atoms with Crippen molar-refractivity contribution in [1.29, 1.82) is 0 Å². The highest BCUT2D eigenvalue weighted by atomic mass is 35.5. The van der Waals surface area contributed by atoms with Crippen molar-refractivity contribution in [3.8, 4) is 0 Å². The SMILES string of the molecule is CC1CC(Nc2c(Cl)cc(Cl)cc2Cl)CS1. The predicted molar refractivity (Wildman–Crippen MR) is 75.4 cm³/mol. The maximum absolute atomic E-state index is 6.11. The van der Waals surface area contributed by atoms with Crippen LogP contribution < -0.4 is 5.32 Å². The third-order valence-corrected chi connectivity index (χ3v) is 4.72. The number of hydrogen-bond donors (Lipinski definition) is 1. The summed E-state index contributed by atoms with van der Waals surface area (Å²) in [5.74, 6) is 1.09. The Hall–Kier alpha value is 0.240. The van der Waals surface area contributed by atoms with Gasteiger partial charge in [-0.25, -0.2) is 0 Å².